The fourth-order valence-corrected chi connectivity index (χ4v) is 3.12. The lowest BCUT2D eigenvalue weighted by molar-refractivity contribution is -1.06. The average Bonchev–Trinajstić information content (AvgIpc) is 2.91. The van der Waals surface area contributed by atoms with Crippen molar-refractivity contribution in [1.82, 2.24) is 4.90 Å². The van der Waals surface area contributed by atoms with Crippen molar-refractivity contribution in [3.05, 3.63) is 23.3 Å². The summed E-state index contributed by atoms with van der Waals surface area (Å²) in [6.07, 6.45) is 2.89. The minimum atomic E-state index is -0.0990. The van der Waals surface area contributed by atoms with Crippen LogP contribution >= 0.6 is 0 Å². The third-order valence-corrected chi connectivity index (χ3v) is 4.52. The molecule has 124 valence electrons. The van der Waals surface area contributed by atoms with Crippen molar-refractivity contribution < 1.29 is 20.2 Å². The third-order valence-electron chi connectivity index (χ3n) is 4.52. The quantitative estimate of drug-likeness (QED) is 0.352. The summed E-state index contributed by atoms with van der Waals surface area (Å²) in [5.41, 5.74) is 12.9. The summed E-state index contributed by atoms with van der Waals surface area (Å²) in [5.74, 6) is 0. The number of benzene rings is 1. The van der Waals surface area contributed by atoms with Gasteiger partial charge in [0.25, 0.3) is 0 Å². The Hall–Kier alpha value is -1.02. The largest absolute Gasteiger partial charge is 0.306 e. The van der Waals surface area contributed by atoms with Crippen LogP contribution in [0.2, 0.25) is 0 Å². The lowest BCUT2D eigenvalue weighted by Gasteiger charge is -2.21. The Morgan fingerprint density at radius 2 is 1.95 bits per heavy atom. The second kappa shape index (κ2) is 7.50. The summed E-state index contributed by atoms with van der Waals surface area (Å²) >= 11 is 0. The van der Waals surface area contributed by atoms with Gasteiger partial charge in [-0.2, -0.15) is 5.48 Å². The molecule has 0 spiro atoms. The zero-order valence-electron chi connectivity index (χ0n) is 14.3. The first kappa shape index (κ1) is 17.3. The van der Waals surface area contributed by atoms with Gasteiger partial charge in [-0.15, -0.1) is 5.06 Å². The summed E-state index contributed by atoms with van der Waals surface area (Å²) in [6.45, 7) is 2.07. The van der Waals surface area contributed by atoms with Crippen LogP contribution in [-0.4, -0.2) is 45.4 Å². The molecule has 1 aliphatic carbocycles. The van der Waals surface area contributed by atoms with Gasteiger partial charge < -0.3 is 4.90 Å². The Bertz CT molecular complexity index is 507. The Balaban J connectivity index is 2.39. The molecular weight excluding hydrogens is 280 g/mol. The number of hydroxylamine groups is 1. The molecule has 0 aliphatic heterocycles. The molecule has 3 unspecified atom stereocenters. The number of fused-ring (bicyclic) bond motifs is 1. The maximum atomic E-state index is 6.22. The van der Waals surface area contributed by atoms with Gasteiger partial charge in [-0.3, -0.25) is 5.73 Å². The lowest BCUT2D eigenvalue weighted by atomic mass is 10.1. The fourth-order valence-electron chi connectivity index (χ4n) is 3.12. The molecule has 0 fully saturated rings. The minimum absolute atomic E-state index is 0.0990. The van der Waals surface area contributed by atoms with Crippen LogP contribution in [0, 0.1) is 0 Å². The predicted octanol–water partition coefficient (Wildman–Crippen LogP) is -0.756. The molecule has 0 saturated heterocycles. The van der Waals surface area contributed by atoms with E-state index in [1.807, 2.05) is 0 Å². The molecule has 6 heteroatoms. The van der Waals surface area contributed by atoms with Crippen molar-refractivity contribution >= 4 is 11.4 Å². The molecule has 3 atom stereocenters. The SMILES string of the molecule is CCC(N)[NH+](OC)c1cc2c(cc1[NH2+]OC)CC(N(C)C)C2. The third kappa shape index (κ3) is 3.48. The first-order valence-electron chi connectivity index (χ1n) is 7.86. The van der Waals surface area contributed by atoms with Gasteiger partial charge in [0.05, 0.1) is 14.2 Å². The second-order valence-corrected chi connectivity index (χ2v) is 6.17. The molecule has 0 heterocycles. The molecule has 5 N–H and O–H groups in total. The highest BCUT2D eigenvalue weighted by Gasteiger charge is 2.31. The van der Waals surface area contributed by atoms with E-state index in [0.29, 0.717) is 6.04 Å². The number of likely N-dealkylation sites (N-methyl/N-ethyl adjacent to an activating group) is 1. The molecule has 6 nitrogen and oxygen atoms in total. The molecule has 0 aromatic heterocycles. The standard InChI is InChI=1S/C16H28N4O2/c1-6-16(17)20(22-5)15-10-12-8-13(19(2)3)7-11(12)9-14(15)18-21-4/h9-10,13,16,18H,6-8,17H2,1-5H3/p+2. The fraction of sp³-hybridized carbons (Fsp3) is 0.625. The molecule has 2 rings (SSSR count). The van der Waals surface area contributed by atoms with Crippen LogP contribution in [0.4, 0.5) is 11.4 Å². The van der Waals surface area contributed by atoms with Crippen LogP contribution < -0.4 is 16.3 Å². The monoisotopic (exact) mass is 310 g/mol. The first-order valence-corrected chi connectivity index (χ1v) is 7.86. The maximum absolute atomic E-state index is 6.22. The van der Waals surface area contributed by atoms with E-state index in [9.17, 15) is 0 Å². The van der Waals surface area contributed by atoms with Crippen LogP contribution in [-0.2, 0) is 22.5 Å². The van der Waals surface area contributed by atoms with Gasteiger partial charge in [0.1, 0.15) is 0 Å². The van der Waals surface area contributed by atoms with Gasteiger partial charge in [0.2, 0.25) is 11.4 Å². The topological polar surface area (TPSA) is 68.8 Å². The van der Waals surface area contributed by atoms with Gasteiger partial charge >= 0.3 is 0 Å². The van der Waals surface area contributed by atoms with Gasteiger partial charge in [-0.25, -0.2) is 9.68 Å². The van der Waals surface area contributed by atoms with E-state index in [-0.39, 0.29) is 6.17 Å². The van der Waals surface area contributed by atoms with E-state index >= 15 is 0 Å². The van der Waals surface area contributed by atoms with E-state index in [1.54, 1.807) is 19.7 Å². The predicted molar refractivity (Wildman–Crippen MR) is 85.8 cm³/mol. The molecule has 1 aliphatic rings. The van der Waals surface area contributed by atoms with E-state index < -0.39 is 0 Å². The molecule has 0 radical (unpaired) electrons. The van der Waals surface area contributed by atoms with E-state index in [4.69, 9.17) is 15.4 Å². The van der Waals surface area contributed by atoms with E-state index in [0.717, 1.165) is 35.7 Å². The molecule has 22 heavy (non-hydrogen) atoms. The lowest BCUT2D eigenvalue weighted by Crippen LogP contribution is -3.12. The highest BCUT2D eigenvalue weighted by molar-refractivity contribution is 5.57. The normalized spacial score (nSPS) is 20.2. The molecule has 1 aromatic carbocycles. The van der Waals surface area contributed by atoms with Crippen molar-refractivity contribution in [2.75, 3.05) is 28.3 Å². The number of rotatable bonds is 7. The Morgan fingerprint density at radius 1 is 1.32 bits per heavy atom. The van der Waals surface area contributed by atoms with Crippen LogP contribution in [0.15, 0.2) is 12.1 Å². The van der Waals surface area contributed by atoms with E-state index in [2.05, 4.69) is 38.1 Å². The zero-order chi connectivity index (χ0) is 16.3. The summed E-state index contributed by atoms with van der Waals surface area (Å²) < 4.78 is 0. The Labute approximate surface area is 133 Å². The Morgan fingerprint density at radius 3 is 2.45 bits per heavy atom. The van der Waals surface area contributed by atoms with Crippen molar-refractivity contribution in [3.8, 4) is 0 Å². The van der Waals surface area contributed by atoms with Crippen LogP contribution in [0.1, 0.15) is 24.5 Å². The number of nitrogens with one attached hydrogen (secondary N) is 1. The Kier molecular flexibility index (Phi) is 5.91. The van der Waals surface area contributed by atoms with Crippen LogP contribution in [0.3, 0.4) is 0 Å². The molecule has 0 amide bonds. The van der Waals surface area contributed by atoms with Gasteiger partial charge in [-0.05, 0) is 38.1 Å². The number of quaternary nitrogens is 2. The minimum Gasteiger partial charge on any atom is -0.306 e. The summed E-state index contributed by atoms with van der Waals surface area (Å²) in [7, 11) is 7.64. The average molecular weight is 310 g/mol. The zero-order valence-corrected chi connectivity index (χ0v) is 14.3. The molecular formula is C16H30N4O2+2. The summed E-state index contributed by atoms with van der Waals surface area (Å²) in [6, 6.07) is 5.02. The number of hydrogen-bond acceptors (Lipinski definition) is 4. The van der Waals surface area contributed by atoms with Crippen molar-refractivity contribution in [2.45, 2.75) is 38.4 Å². The van der Waals surface area contributed by atoms with Crippen LogP contribution in [0.5, 0.6) is 0 Å². The van der Waals surface area contributed by atoms with Crippen molar-refractivity contribution in [3.63, 3.8) is 0 Å². The van der Waals surface area contributed by atoms with Crippen LogP contribution in [0.25, 0.3) is 0 Å². The van der Waals surface area contributed by atoms with E-state index in [1.165, 1.54) is 11.1 Å². The highest BCUT2D eigenvalue weighted by atomic mass is 16.7. The maximum Gasteiger partial charge on any atom is 0.229 e. The van der Waals surface area contributed by atoms with Crippen molar-refractivity contribution in [2.24, 2.45) is 5.73 Å². The summed E-state index contributed by atoms with van der Waals surface area (Å²) in [4.78, 5) is 13.2. The molecule has 1 aromatic rings. The summed E-state index contributed by atoms with van der Waals surface area (Å²) in [5, 5.41) is 0.835. The second-order valence-electron chi connectivity index (χ2n) is 6.17. The molecule has 0 bridgehead atoms. The number of nitrogens with zero attached hydrogens (tertiary/aromatic N) is 1. The number of hydrogen-bond donors (Lipinski definition) is 3. The smallest absolute Gasteiger partial charge is 0.229 e. The number of nitrogens with two attached hydrogens (primary N) is 2. The first-order chi connectivity index (χ1) is 10.5. The van der Waals surface area contributed by atoms with Gasteiger partial charge in [0, 0.05) is 24.6 Å². The highest BCUT2D eigenvalue weighted by Crippen LogP contribution is 2.29. The van der Waals surface area contributed by atoms with Gasteiger partial charge in [0.15, 0.2) is 6.17 Å². The molecule has 0 saturated carbocycles. The van der Waals surface area contributed by atoms with Crippen molar-refractivity contribution in [1.29, 1.82) is 0 Å². The van der Waals surface area contributed by atoms with Gasteiger partial charge in [-0.1, -0.05) is 6.92 Å².